The molecule has 1 saturated heterocycles. The van der Waals surface area contributed by atoms with E-state index in [1.807, 2.05) is 12.1 Å². The van der Waals surface area contributed by atoms with E-state index >= 15 is 0 Å². The normalized spacial score (nSPS) is 18.2. The Labute approximate surface area is 114 Å². The molecule has 1 aliphatic heterocycles. The lowest BCUT2D eigenvalue weighted by molar-refractivity contribution is 0.184. The van der Waals surface area contributed by atoms with E-state index in [1.165, 1.54) is 6.42 Å². The Morgan fingerprint density at radius 3 is 3.11 bits per heavy atom. The Kier molecular flexibility index (Phi) is 5.20. The number of nitrogens with zero attached hydrogens (tertiary/aromatic N) is 1. The molecule has 0 aromatic heterocycles. The Morgan fingerprint density at radius 1 is 1.53 bits per heavy atom. The lowest BCUT2D eigenvalue weighted by Crippen LogP contribution is -2.18. The third-order valence-electron chi connectivity index (χ3n) is 3.48. The zero-order valence-electron chi connectivity index (χ0n) is 11.3. The van der Waals surface area contributed by atoms with Crippen molar-refractivity contribution in [2.75, 3.05) is 26.9 Å². The molecule has 1 heterocycles. The number of ether oxygens (including phenoxy) is 2. The molecule has 0 aliphatic carbocycles. The van der Waals surface area contributed by atoms with E-state index in [1.54, 1.807) is 13.2 Å². The highest BCUT2D eigenvalue weighted by Crippen LogP contribution is 2.20. The molecule has 0 bridgehead atoms. The first-order valence-electron chi connectivity index (χ1n) is 6.69. The summed E-state index contributed by atoms with van der Waals surface area (Å²) in [5.74, 6) is 1.52. The van der Waals surface area contributed by atoms with Crippen LogP contribution in [0.2, 0.25) is 0 Å². The number of nitriles is 1. The molecular formula is C15H20N2O2. The van der Waals surface area contributed by atoms with E-state index in [2.05, 4.69) is 11.4 Å². The van der Waals surface area contributed by atoms with Crippen molar-refractivity contribution in [3.63, 3.8) is 0 Å². The van der Waals surface area contributed by atoms with Gasteiger partial charge in [0, 0.05) is 25.3 Å². The largest absolute Gasteiger partial charge is 0.496 e. The molecule has 1 atom stereocenters. The first kappa shape index (κ1) is 13.9. The Bertz CT molecular complexity index is 448. The SMILES string of the molecule is COc1ccc(C#N)cc1CNCCC1CCOC1. The van der Waals surface area contributed by atoms with Crippen molar-refractivity contribution in [2.45, 2.75) is 19.4 Å². The number of hydrogen-bond donors (Lipinski definition) is 1. The van der Waals surface area contributed by atoms with E-state index in [0.29, 0.717) is 11.5 Å². The molecule has 0 radical (unpaired) electrons. The zero-order valence-corrected chi connectivity index (χ0v) is 11.3. The maximum absolute atomic E-state index is 8.92. The molecule has 4 heteroatoms. The van der Waals surface area contributed by atoms with Crippen LogP contribution in [0.1, 0.15) is 24.0 Å². The predicted molar refractivity (Wildman–Crippen MR) is 73.0 cm³/mol. The molecule has 2 rings (SSSR count). The van der Waals surface area contributed by atoms with Crippen molar-refractivity contribution in [1.82, 2.24) is 5.32 Å². The average molecular weight is 260 g/mol. The van der Waals surface area contributed by atoms with Crippen LogP contribution in [-0.4, -0.2) is 26.9 Å². The summed E-state index contributed by atoms with van der Waals surface area (Å²) in [6, 6.07) is 7.66. The molecule has 19 heavy (non-hydrogen) atoms. The molecule has 0 amide bonds. The number of methoxy groups -OCH3 is 1. The fourth-order valence-corrected chi connectivity index (χ4v) is 2.33. The van der Waals surface area contributed by atoms with Gasteiger partial charge in [0.1, 0.15) is 5.75 Å². The standard InChI is InChI=1S/C15H20N2O2/c1-18-15-3-2-13(9-16)8-14(15)10-17-6-4-12-5-7-19-11-12/h2-3,8,12,17H,4-7,10-11H2,1H3. The average Bonchev–Trinajstić information content (AvgIpc) is 2.96. The summed E-state index contributed by atoms with van der Waals surface area (Å²) < 4.78 is 10.7. The van der Waals surface area contributed by atoms with Crippen LogP contribution in [0.4, 0.5) is 0 Å². The number of rotatable bonds is 6. The van der Waals surface area contributed by atoms with Gasteiger partial charge < -0.3 is 14.8 Å². The van der Waals surface area contributed by atoms with Gasteiger partial charge >= 0.3 is 0 Å². The van der Waals surface area contributed by atoms with Crippen molar-refractivity contribution in [3.8, 4) is 11.8 Å². The number of nitrogens with one attached hydrogen (secondary N) is 1. The molecule has 1 aromatic carbocycles. The van der Waals surface area contributed by atoms with Crippen molar-refractivity contribution < 1.29 is 9.47 Å². The third-order valence-corrected chi connectivity index (χ3v) is 3.48. The van der Waals surface area contributed by atoms with Crippen LogP contribution in [0.25, 0.3) is 0 Å². The van der Waals surface area contributed by atoms with Crippen LogP contribution in [-0.2, 0) is 11.3 Å². The van der Waals surface area contributed by atoms with Crippen LogP contribution >= 0.6 is 0 Å². The predicted octanol–water partition coefficient (Wildman–Crippen LogP) is 2.08. The monoisotopic (exact) mass is 260 g/mol. The van der Waals surface area contributed by atoms with Crippen molar-refractivity contribution in [2.24, 2.45) is 5.92 Å². The summed E-state index contributed by atoms with van der Waals surface area (Å²) in [4.78, 5) is 0. The van der Waals surface area contributed by atoms with E-state index in [9.17, 15) is 0 Å². The topological polar surface area (TPSA) is 54.3 Å². The highest BCUT2D eigenvalue weighted by Gasteiger charge is 2.14. The van der Waals surface area contributed by atoms with Gasteiger partial charge in [-0.25, -0.2) is 0 Å². The second-order valence-corrected chi connectivity index (χ2v) is 4.83. The van der Waals surface area contributed by atoms with Gasteiger partial charge in [0.25, 0.3) is 0 Å². The van der Waals surface area contributed by atoms with Crippen LogP contribution < -0.4 is 10.1 Å². The number of hydrogen-bond acceptors (Lipinski definition) is 4. The Morgan fingerprint density at radius 2 is 2.42 bits per heavy atom. The highest BCUT2D eigenvalue weighted by atomic mass is 16.5. The summed E-state index contributed by atoms with van der Waals surface area (Å²) in [5.41, 5.74) is 1.70. The summed E-state index contributed by atoms with van der Waals surface area (Å²) in [7, 11) is 1.65. The lowest BCUT2D eigenvalue weighted by Gasteiger charge is -2.11. The van der Waals surface area contributed by atoms with Gasteiger partial charge in [-0.2, -0.15) is 5.26 Å². The molecule has 4 nitrogen and oxygen atoms in total. The fourth-order valence-electron chi connectivity index (χ4n) is 2.33. The molecule has 0 spiro atoms. The molecule has 1 aromatic rings. The highest BCUT2D eigenvalue weighted by molar-refractivity contribution is 5.41. The first-order chi connectivity index (χ1) is 9.33. The van der Waals surface area contributed by atoms with Gasteiger partial charge in [-0.05, 0) is 43.5 Å². The molecule has 1 unspecified atom stereocenters. The van der Waals surface area contributed by atoms with E-state index in [0.717, 1.165) is 44.0 Å². The van der Waals surface area contributed by atoms with E-state index < -0.39 is 0 Å². The molecule has 102 valence electrons. The summed E-state index contributed by atoms with van der Waals surface area (Å²) >= 11 is 0. The van der Waals surface area contributed by atoms with E-state index in [-0.39, 0.29) is 0 Å². The summed E-state index contributed by atoms with van der Waals surface area (Å²) in [5, 5.41) is 12.3. The third kappa shape index (κ3) is 3.95. The first-order valence-corrected chi connectivity index (χ1v) is 6.69. The quantitative estimate of drug-likeness (QED) is 0.796. The van der Waals surface area contributed by atoms with Crippen LogP contribution in [0.3, 0.4) is 0 Å². The smallest absolute Gasteiger partial charge is 0.123 e. The molecule has 1 N–H and O–H groups in total. The van der Waals surface area contributed by atoms with Crippen LogP contribution in [0.15, 0.2) is 18.2 Å². The Balaban J connectivity index is 1.82. The van der Waals surface area contributed by atoms with Gasteiger partial charge in [0.15, 0.2) is 0 Å². The van der Waals surface area contributed by atoms with Crippen LogP contribution in [0, 0.1) is 17.2 Å². The van der Waals surface area contributed by atoms with Crippen molar-refractivity contribution in [3.05, 3.63) is 29.3 Å². The summed E-state index contributed by atoms with van der Waals surface area (Å²) in [6.45, 7) is 3.50. The Hall–Kier alpha value is -1.57. The minimum atomic E-state index is 0.668. The van der Waals surface area contributed by atoms with E-state index in [4.69, 9.17) is 14.7 Å². The maximum atomic E-state index is 8.92. The maximum Gasteiger partial charge on any atom is 0.123 e. The van der Waals surface area contributed by atoms with Gasteiger partial charge in [-0.15, -0.1) is 0 Å². The van der Waals surface area contributed by atoms with Gasteiger partial charge in [-0.3, -0.25) is 0 Å². The second-order valence-electron chi connectivity index (χ2n) is 4.83. The van der Waals surface area contributed by atoms with Crippen LogP contribution in [0.5, 0.6) is 5.75 Å². The lowest BCUT2D eigenvalue weighted by atomic mass is 10.1. The van der Waals surface area contributed by atoms with Crippen molar-refractivity contribution in [1.29, 1.82) is 5.26 Å². The zero-order chi connectivity index (χ0) is 13.5. The molecular weight excluding hydrogens is 240 g/mol. The summed E-state index contributed by atoms with van der Waals surface area (Å²) in [6.07, 6.45) is 2.31. The molecule has 1 fully saturated rings. The van der Waals surface area contributed by atoms with Gasteiger partial charge in [0.2, 0.25) is 0 Å². The molecule has 1 aliphatic rings. The van der Waals surface area contributed by atoms with Crippen molar-refractivity contribution >= 4 is 0 Å². The second kappa shape index (κ2) is 7.13. The minimum absolute atomic E-state index is 0.668. The van der Waals surface area contributed by atoms with Gasteiger partial charge in [0.05, 0.1) is 18.7 Å². The molecule has 0 saturated carbocycles. The number of benzene rings is 1. The minimum Gasteiger partial charge on any atom is -0.496 e. The van der Waals surface area contributed by atoms with Gasteiger partial charge in [-0.1, -0.05) is 0 Å². The fraction of sp³-hybridized carbons (Fsp3) is 0.533.